The summed E-state index contributed by atoms with van der Waals surface area (Å²) in [5, 5.41) is 6.29. The highest BCUT2D eigenvalue weighted by Crippen LogP contribution is 2.29. The van der Waals surface area contributed by atoms with Crippen LogP contribution in [0.25, 0.3) is 11.4 Å². The molecule has 3 rings (SSSR count). The molecule has 0 fully saturated rings. The number of nitrogens with zero attached hydrogens (tertiary/aromatic N) is 3. The molecule has 0 aliphatic rings. The minimum atomic E-state index is -1.15. The Balaban J connectivity index is 1.90. The van der Waals surface area contributed by atoms with Gasteiger partial charge in [0.15, 0.2) is 11.5 Å². The van der Waals surface area contributed by atoms with E-state index in [2.05, 4.69) is 24.7 Å². The van der Waals surface area contributed by atoms with E-state index in [1.807, 2.05) is 30.3 Å². The number of alkyl halides is 1. The Morgan fingerprint density at radius 1 is 1.19 bits per heavy atom. The Morgan fingerprint density at radius 2 is 1.93 bits per heavy atom. The number of likely N-dealkylation sites (N-methyl/N-ethyl adjacent to an activating group) is 1. The van der Waals surface area contributed by atoms with Gasteiger partial charge in [-0.1, -0.05) is 47.6 Å². The Morgan fingerprint density at radius 3 is 2.67 bits per heavy atom. The fraction of sp³-hybridized carbons (Fsp3) is 0.111. The number of benzene rings is 2. The van der Waals surface area contributed by atoms with Crippen LogP contribution < -0.4 is 10.1 Å². The highest BCUT2D eigenvalue weighted by atomic mass is 32.1. The number of carbonyl (C=O) groups is 1. The number of hydrogen-bond acceptors (Lipinski definition) is 7. The summed E-state index contributed by atoms with van der Waals surface area (Å²) in [6.07, 6.45) is 0. The minimum absolute atomic E-state index is 0.112. The zero-order valence-electron chi connectivity index (χ0n) is 14.3. The van der Waals surface area contributed by atoms with Gasteiger partial charge in [-0.05, 0) is 12.1 Å². The molecule has 9 heteroatoms. The van der Waals surface area contributed by atoms with E-state index < -0.39 is 12.8 Å². The second-order valence-electron chi connectivity index (χ2n) is 5.11. The van der Waals surface area contributed by atoms with E-state index in [1.54, 1.807) is 24.3 Å². The van der Waals surface area contributed by atoms with Crippen LogP contribution in [0, 0.1) is 0 Å². The largest absolute Gasteiger partial charge is 0.429 e. The van der Waals surface area contributed by atoms with Crippen molar-refractivity contribution in [1.82, 2.24) is 14.7 Å². The van der Waals surface area contributed by atoms with Crippen LogP contribution in [0.3, 0.4) is 0 Å². The lowest BCUT2D eigenvalue weighted by atomic mass is 10.1. The van der Waals surface area contributed by atoms with Crippen LogP contribution in [0.5, 0.6) is 10.9 Å². The van der Waals surface area contributed by atoms with Crippen LogP contribution in [0.15, 0.2) is 59.8 Å². The molecule has 1 heterocycles. The Bertz CT molecular complexity index is 947. The predicted molar refractivity (Wildman–Crippen MR) is 99.5 cm³/mol. The average Bonchev–Trinajstić information content (AvgIpc) is 3.18. The summed E-state index contributed by atoms with van der Waals surface area (Å²) in [4.78, 5) is 20.9. The maximum Gasteiger partial charge on any atom is 0.299 e. The first kappa shape index (κ1) is 18.5. The first-order chi connectivity index (χ1) is 13.2. The highest BCUT2D eigenvalue weighted by Gasteiger charge is 2.20. The summed E-state index contributed by atoms with van der Waals surface area (Å²) in [5.41, 5.74) is 1.08. The first-order valence-corrected chi connectivity index (χ1v) is 8.64. The molecule has 3 aromatic rings. The number of aromatic nitrogens is 2. The fourth-order valence-corrected chi connectivity index (χ4v) is 2.79. The van der Waals surface area contributed by atoms with Gasteiger partial charge >= 0.3 is 0 Å². The number of oxime groups is 1. The third-order valence-electron chi connectivity index (χ3n) is 3.43. The van der Waals surface area contributed by atoms with Gasteiger partial charge in [-0.25, -0.2) is 4.39 Å². The normalized spacial score (nSPS) is 11.1. The number of hydrogen-bond donors (Lipinski definition) is 1. The maximum absolute atomic E-state index is 12.3. The van der Waals surface area contributed by atoms with Gasteiger partial charge in [0.05, 0.1) is 5.56 Å². The number of amides is 1. The van der Waals surface area contributed by atoms with Gasteiger partial charge < -0.3 is 14.9 Å². The zero-order valence-corrected chi connectivity index (χ0v) is 15.1. The number of para-hydroxylation sites is 1. The maximum atomic E-state index is 12.3. The van der Waals surface area contributed by atoms with Gasteiger partial charge in [0.1, 0.15) is 5.75 Å². The number of rotatable bonds is 7. The molecule has 0 aliphatic heterocycles. The lowest BCUT2D eigenvalue weighted by Gasteiger charge is -2.10. The summed E-state index contributed by atoms with van der Waals surface area (Å²) in [5.74, 6) is 0.314. The van der Waals surface area contributed by atoms with Crippen molar-refractivity contribution in [3.63, 3.8) is 0 Å². The van der Waals surface area contributed by atoms with Gasteiger partial charge in [0.25, 0.3) is 18.0 Å². The molecule has 0 atom stereocenters. The zero-order chi connectivity index (χ0) is 19.1. The standard InChI is InChI=1S/C18H15FN4O3S/c1-20-17(24)15(22-25-11-19)13-9-5-6-10-14(13)26-18-21-16(23-27-18)12-7-3-2-4-8-12/h2-10H,11H2,1H3,(H,20,24). The molecule has 7 nitrogen and oxygen atoms in total. The molecule has 0 unspecified atom stereocenters. The molecule has 138 valence electrons. The lowest BCUT2D eigenvalue weighted by molar-refractivity contribution is -0.114. The first-order valence-electron chi connectivity index (χ1n) is 7.87. The summed E-state index contributed by atoms with van der Waals surface area (Å²) in [6.45, 7) is -1.15. The van der Waals surface area contributed by atoms with Gasteiger partial charge in [0, 0.05) is 24.1 Å². The van der Waals surface area contributed by atoms with E-state index in [1.165, 1.54) is 7.05 Å². The topological polar surface area (TPSA) is 85.7 Å². The Hall–Kier alpha value is -3.33. The van der Waals surface area contributed by atoms with E-state index in [-0.39, 0.29) is 5.71 Å². The minimum Gasteiger partial charge on any atom is -0.429 e. The molecule has 0 aliphatic carbocycles. The van der Waals surface area contributed by atoms with Crippen LogP contribution in [-0.4, -0.2) is 34.9 Å². The van der Waals surface area contributed by atoms with Crippen LogP contribution in [-0.2, 0) is 9.63 Å². The van der Waals surface area contributed by atoms with Crippen LogP contribution in [0.4, 0.5) is 4.39 Å². The average molecular weight is 386 g/mol. The Kier molecular flexibility index (Phi) is 6.06. The van der Waals surface area contributed by atoms with Crippen LogP contribution in [0.1, 0.15) is 5.56 Å². The van der Waals surface area contributed by atoms with E-state index >= 15 is 0 Å². The van der Waals surface area contributed by atoms with Crippen molar-refractivity contribution in [2.75, 3.05) is 13.9 Å². The summed E-state index contributed by atoms with van der Waals surface area (Å²) in [6, 6.07) is 16.2. The molecule has 0 radical (unpaired) electrons. The van der Waals surface area contributed by atoms with E-state index in [0.29, 0.717) is 22.3 Å². The van der Waals surface area contributed by atoms with Gasteiger partial charge in [-0.3, -0.25) is 4.79 Å². The molecule has 2 aromatic carbocycles. The third kappa shape index (κ3) is 4.45. The molecule has 0 saturated carbocycles. The van der Waals surface area contributed by atoms with Crippen molar-refractivity contribution >= 4 is 23.2 Å². The van der Waals surface area contributed by atoms with Crippen molar-refractivity contribution in [3.05, 3.63) is 60.2 Å². The third-order valence-corrected chi connectivity index (χ3v) is 4.02. The number of nitrogens with one attached hydrogen (secondary N) is 1. The van der Waals surface area contributed by atoms with Crippen molar-refractivity contribution in [1.29, 1.82) is 0 Å². The SMILES string of the molecule is CNC(=O)C(=NOCF)c1ccccc1Oc1nc(-c2ccccc2)ns1. The second kappa shape index (κ2) is 8.86. The van der Waals surface area contributed by atoms with Crippen molar-refractivity contribution in [2.45, 2.75) is 0 Å². The van der Waals surface area contributed by atoms with Crippen molar-refractivity contribution in [3.8, 4) is 22.3 Å². The van der Waals surface area contributed by atoms with Crippen molar-refractivity contribution in [2.24, 2.45) is 5.16 Å². The summed E-state index contributed by atoms with van der Waals surface area (Å²) >= 11 is 1.08. The smallest absolute Gasteiger partial charge is 0.299 e. The highest BCUT2D eigenvalue weighted by molar-refractivity contribution is 7.07. The molecule has 1 N–H and O–H groups in total. The molecule has 0 saturated heterocycles. The molecule has 1 aromatic heterocycles. The molecule has 0 spiro atoms. The number of ether oxygens (including phenoxy) is 1. The van der Waals surface area contributed by atoms with E-state index in [0.717, 1.165) is 17.1 Å². The van der Waals surface area contributed by atoms with Crippen LogP contribution in [0.2, 0.25) is 0 Å². The number of carbonyl (C=O) groups excluding carboxylic acids is 1. The fourth-order valence-electron chi connectivity index (χ4n) is 2.22. The predicted octanol–water partition coefficient (Wildman–Crippen LogP) is 3.39. The van der Waals surface area contributed by atoms with E-state index in [9.17, 15) is 9.18 Å². The second-order valence-corrected chi connectivity index (χ2v) is 5.82. The Labute approximate surface area is 158 Å². The van der Waals surface area contributed by atoms with Gasteiger partial charge in [0.2, 0.25) is 0 Å². The molecule has 27 heavy (non-hydrogen) atoms. The van der Waals surface area contributed by atoms with E-state index in [4.69, 9.17) is 4.74 Å². The molecular weight excluding hydrogens is 371 g/mol. The quantitative estimate of drug-likeness (QED) is 0.497. The molecule has 1 amide bonds. The van der Waals surface area contributed by atoms with Crippen molar-refractivity contribution < 1.29 is 18.8 Å². The number of halogens is 1. The molecular formula is C18H15FN4O3S. The van der Waals surface area contributed by atoms with Crippen LogP contribution >= 0.6 is 11.5 Å². The van der Waals surface area contributed by atoms with Gasteiger partial charge in [-0.15, -0.1) is 0 Å². The lowest BCUT2D eigenvalue weighted by Crippen LogP contribution is -2.29. The van der Waals surface area contributed by atoms with Gasteiger partial charge in [-0.2, -0.15) is 9.36 Å². The molecule has 0 bridgehead atoms. The summed E-state index contributed by atoms with van der Waals surface area (Å²) in [7, 11) is 1.44. The monoisotopic (exact) mass is 386 g/mol. The summed E-state index contributed by atoms with van der Waals surface area (Å²) < 4.78 is 22.4.